The van der Waals surface area contributed by atoms with Crippen LogP contribution in [0.25, 0.3) is 0 Å². The minimum absolute atomic E-state index is 0.0468. The fourth-order valence-electron chi connectivity index (χ4n) is 4.79. The van der Waals surface area contributed by atoms with Crippen molar-refractivity contribution in [3.63, 3.8) is 0 Å². The monoisotopic (exact) mass is 510 g/mol. The molecular formula is C30H58N2O4. The number of nitrogens with zero attached hydrogens (tertiary/aromatic N) is 2. The molecule has 0 atom stereocenters. The predicted molar refractivity (Wildman–Crippen MR) is 149 cm³/mol. The van der Waals surface area contributed by atoms with Gasteiger partial charge in [-0.05, 0) is 91.3 Å². The summed E-state index contributed by atoms with van der Waals surface area (Å²) in [7, 11) is 0. The van der Waals surface area contributed by atoms with Crippen molar-refractivity contribution in [2.24, 2.45) is 5.92 Å². The van der Waals surface area contributed by atoms with Gasteiger partial charge in [0.2, 0.25) is 0 Å². The first kappa shape index (κ1) is 32.7. The summed E-state index contributed by atoms with van der Waals surface area (Å²) in [5.74, 6) is 0.642. The van der Waals surface area contributed by atoms with Crippen molar-refractivity contribution in [2.45, 2.75) is 137 Å². The Hall–Kier alpha value is -1.30. The van der Waals surface area contributed by atoms with Gasteiger partial charge in [-0.15, -0.1) is 0 Å². The highest BCUT2D eigenvalue weighted by molar-refractivity contribution is 5.69. The summed E-state index contributed by atoms with van der Waals surface area (Å²) in [5, 5.41) is 0. The van der Waals surface area contributed by atoms with Gasteiger partial charge in [0, 0.05) is 19.5 Å². The van der Waals surface area contributed by atoms with Crippen LogP contribution in [0, 0.1) is 5.92 Å². The molecule has 1 rings (SSSR count). The van der Waals surface area contributed by atoms with E-state index in [0.717, 1.165) is 64.7 Å². The van der Waals surface area contributed by atoms with E-state index in [1.54, 1.807) is 0 Å². The fourth-order valence-corrected chi connectivity index (χ4v) is 4.79. The summed E-state index contributed by atoms with van der Waals surface area (Å²) < 4.78 is 10.7. The lowest BCUT2D eigenvalue weighted by Gasteiger charge is -2.34. The molecule has 1 fully saturated rings. The third kappa shape index (κ3) is 17.2. The number of unbranched alkanes of at least 4 members (excludes halogenated alkanes) is 8. The first-order valence-electron chi connectivity index (χ1n) is 15.1. The van der Waals surface area contributed by atoms with Crippen molar-refractivity contribution in [2.75, 3.05) is 39.3 Å². The van der Waals surface area contributed by atoms with Gasteiger partial charge in [0.05, 0.1) is 6.61 Å². The molecule has 0 spiro atoms. The van der Waals surface area contributed by atoms with Crippen molar-refractivity contribution in [1.82, 2.24) is 9.80 Å². The van der Waals surface area contributed by atoms with Crippen molar-refractivity contribution < 1.29 is 19.1 Å². The van der Waals surface area contributed by atoms with Crippen molar-refractivity contribution in [1.29, 1.82) is 0 Å². The molecule has 0 saturated carbocycles. The van der Waals surface area contributed by atoms with Crippen LogP contribution in [-0.2, 0) is 14.3 Å². The standard InChI is InChI=1S/C30H58N2O4/c1-6-8-9-10-11-12-15-21-31(22-16-13-14-17-28(33)35-26-7-2)23-18-27-19-24-32(25-20-27)29(34)36-30(3,4)5/h27H,6-26H2,1-5H3. The summed E-state index contributed by atoms with van der Waals surface area (Å²) in [6.07, 6.45) is 17.2. The van der Waals surface area contributed by atoms with Gasteiger partial charge < -0.3 is 19.3 Å². The smallest absolute Gasteiger partial charge is 0.410 e. The number of likely N-dealkylation sites (tertiary alicyclic amines) is 1. The number of hydrogen-bond acceptors (Lipinski definition) is 5. The molecule has 0 aromatic rings. The highest BCUT2D eigenvalue weighted by Crippen LogP contribution is 2.23. The van der Waals surface area contributed by atoms with E-state index in [2.05, 4.69) is 11.8 Å². The third-order valence-corrected chi connectivity index (χ3v) is 7.02. The van der Waals surface area contributed by atoms with Crippen LogP contribution < -0.4 is 0 Å². The van der Waals surface area contributed by atoms with Crippen LogP contribution in [-0.4, -0.2) is 66.8 Å². The Morgan fingerprint density at radius 3 is 1.97 bits per heavy atom. The summed E-state index contributed by atoms with van der Waals surface area (Å²) in [6.45, 7) is 15.7. The molecule has 6 heteroatoms. The van der Waals surface area contributed by atoms with Crippen molar-refractivity contribution in [3.05, 3.63) is 0 Å². The Morgan fingerprint density at radius 1 is 0.806 bits per heavy atom. The molecule has 0 unspecified atom stereocenters. The molecule has 1 saturated heterocycles. The summed E-state index contributed by atoms with van der Waals surface area (Å²) in [5.41, 5.74) is -0.430. The molecule has 0 radical (unpaired) electrons. The average molecular weight is 511 g/mol. The molecule has 36 heavy (non-hydrogen) atoms. The lowest BCUT2D eigenvalue weighted by Crippen LogP contribution is -2.42. The Labute approximate surface area is 222 Å². The topological polar surface area (TPSA) is 59.1 Å². The van der Waals surface area contributed by atoms with E-state index in [1.165, 1.54) is 57.9 Å². The van der Waals surface area contributed by atoms with Gasteiger partial charge in [-0.1, -0.05) is 58.8 Å². The second-order valence-electron chi connectivity index (χ2n) is 11.7. The molecular weight excluding hydrogens is 452 g/mol. The molecule has 6 nitrogen and oxygen atoms in total. The molecule has 1 aliphatic rings. The second-order valence-corrected chi connectivity index (χ2v) is 11.7. The number of esters is 1. The number of hydrogen-bond donors (Lipinski definition) is 0. The molecule has 1 aliphatic heterocycles. The number of piperidine rings is 1. The Bertz CT molecular complexity index is 568. The van der Waals surface area contributed by atoms with E-state index in [1.807, 2.05) is 32.6 Å². The van der Waals surface area contributed by atoms with Crippen LogP contribution in [0.2, 0.25) is 0 Å². The zero-order valence-corrected chi connectivity index (χ0v) is 24.5. The van der Waals surface area contributed by atoms with Crippen LogP contribution in [0.4, 0.5) is 4.79 Å². The van der Waals surface area contributed by atoms with Crippen LogP contribution in [0.1, 0.15) is 131 Å². The van der Waals surface area contributed by atoms with Crippen LogP contribution in [0.15, 0.2) is 0 Å². The van der Waals surface area contributed by atoms with E-state index in [4.69, 9.17) is 9.47 Å². The number of ether oxygens (including phenoxy) is 2. The van der Waals surface area contributed by atoms with E-state index in [-0.39, 0.29) is 12.1 Å². The van der Waals surface area contributed by atoms with Gasteiger partial charge >= 0.3 is 12.1 Å². The van der Waals surface area contributed by atoms with E-state index < -0.39 is 5.60 Å². The van der Waals surface area contributed by atoms with Crippen LogP contribution >= 0.6 is 0 Å². The summed E-state index contributed by atoms with van der Waals surface area (Å²) in [4.78, 5) is 28.6. The molecule has 1 heterocycles. The Balaban J connectivity index is 2.34. The first-order chi connectivity index (χ1) is 17.2. The summed E-state index contributed by atoms with van der Waals surface area (Å²) >= 11 is 0. The Kier molecular flexibility index (Phi) is 18.0. The van der Waals surface area contributed by atoms with Crippen molar-refractivity contribution >= 4 is 12.1 Å². The maximum Gasteiger partial charge on any atom is 0.410 e. The zero-order valence-electron chi connectivity index (χ0n) is 24.5. The highest BCUT2D eigenvalue weighted by atomic mass is 16.6. The molecule has 212 valence electrons. The van der Waals surface area contributed by atoms with Crippen LogP contribution in [0.3, 0.4) is 0 Å². The maximum absolute atomic E-state index is 12.3. The molecule has 0 aliphatic carbocycles. The lowest BCUT2D eigenvalue weighted by atomic mass is 9.93. The number of carbonyl (C=O) groups excluding carboxylic acids is 2. The largest absolute Gasteiger partial charge is 0.466 e. The second kappa shape index (κ2) is 19.8. The minimum Gasteiger partial charge on any atom is -0.466 e. The third-order valence-electron chi connectivity index (χ3n) is 7.02. The SMILES string of the molecule is CCCCCCCCCN(CCCCCC(=O)OCCC)CCC1CCN(C(=O)OC(C)(C)C)CC1. The van der Waals surface area contributed by atoms with Crippen LogP contribution in [0.5, 0.6) is 0 Å². The van der Waals surface area contributed by atoms with Gasteiger partial charge in [0.25, 0.3) is 0 Å². The lowest BCUT2D eigenvalue weighted by molar-refractivity contribution is -0.143. The normalized spacial score (nSPS) is 14.9. The van der Waals surface area contributed by atoms with E-state index in [9.17, 15) is 9.59 Å². The van der Waals surface area contributed by atoms with Gasteiger partial charge in [-0.3, -0.25) is 4.79 Å². The fraction of sp³-hybridized carbons (Fsp3) is 0.933. The Morgan fingerprint density at radius 2 is 1.39 bits per heavy atom. The highest BCUT2D eigenvalue weighted by Gasteiger charge is 2.27. The zero-order chi connectivity index (χ0) is 26.7. The minimum atomic E-state index is -0.430. The number of rotatable bonds is 19. The van der Waals surface area contributed by atoms with Crippen molar-refractivity contribution in [3.8, 4) is 0 Å². The molecule has 0 bridgehead atoms. The number of amides is 1. The molecule has 0 aromatic heterocycles. The maximum atomic E-state index is 12.3. The molecule has 1 amide bonds. The number of carbonyl (C=O) groups is 2. The quantitative estimate of drug-likeness (QED) is 0.132. The summed E-state index contributed by atoms with van der Waals surface area (Å²) in [6, 6.07) is 0. The van der Waals surface area contributed by atoms with E-state index >= 15 is 0 Å². The molecule has 0 N–H and O–H groups in total. The van der Waals surface area contributed by atoms with Gasteiger partial charge in [-0.2, -0.15) is 0 Å². The predicted octanol–water partition coefficient (Wildman–Crippen LogP) is 7.59. The van der Waals surface area contributed by atoms with Gasteiger partial charge in [0.1, 0.15) is 5.60 Å². The van der Waals surface area contributed by atoms with Gasteiger partial charge in [0.15, 0.2) is 0 Å². The average Bonchev–Trinajstić information content (AvgIpc) is 2.84. The van der Waals surface area contributed by atoms with Gasteiger partial charge in [-0.25, -0.2) is 4.79 Å². The first-order valence-corrected chi connectivity index (χ1v) is 15.1. The molecule has 0 aromatic carbocycles. The van der Waals surface area contributed by atoms with E-state index in [0.29, 0.717) is 18.9 Å².